The number of pyridine rings is 1. The molecule has 0 radical (unpaired) electrons. The van der Waals surface area contributed by atoms with Crippen LogP contribution in [0, 0.1) is 0 Å². The molecule has 5 nitrogen and oxygen atoms in total. The summed E-state index contributed by atoms with van der Waals surface area (Å²) in [7, 11) is 0. The van der Waals surface area contributed by atoms with Crippen LogP contribution >= 0.6 is 11.6 Å². The second kappa shape index (κ2) is 6.85. The van der Waals surface area contributed by atoms with E-state index in [1.165, 1.54) is 4.90 Å². The van der Waals surface area contributed by atoms with Crippen LogP contribution < -0.4 is 4.90 Å². The SMILES string of the molecule is O=C(O)CCN(C(=O)c1cccc(Cl)n1)c1ccccc1. The highest BCUT2D eigenvalue weighted by molar-refractivity contribution is 6.29. The van der Waals surface area contributed by atoms with Gasteiger partial charge in [0.2, 0.25) is 0 Å². The molecule has 0 fully saturated rings. The number of nitrogens with zero attached hydrogens (tertiary/aromatic N) is 2. The lowest BCUT2D eigenvalue weighted by Gasteiger charge is -2.21. The summed E-state index contributed by atoms with van der Waals surface area (Å²) < 4.78 is 0. The number of aliphatic carboxylic acids is 1. The number of hydrogen-bond donors (Lipinski definition) is 1. The molecule has 1 amide bonds. The topological polar surface area (TPSA) is 70.5 Å². The number of amides is 1. The van der Waals surface area contributed by atoms with Gasteiger partial charge in [0.15, 0.2) is 0 Å². The standard InChI is InChI=1S/C15H13ClN2O3/c16-13-8-4-7-12(17-13)15(21)18(10-9-14(19)20)11-5-2-1-3-6-11/h1-8H,9-10H2,(H,19,20). The Labute approximate surface area is 126 Å². The Hall–Kier alpha value is -2.40. The Morgan fingerprint density at radius 1 is 1.10 bits per heavy atom. The van der Waals surface area contributed by atoms with Crippen molar-refractivity contribution >= 4 is 29.2 Å². The minimum Gasteiger partial charge on any atom is -0.481 e. The summed E-state index contributed by atoms with van der Waals surface area (Å²) in [6.07, 6.45) is -0.152. The minimum absolute atomic E-state index is 0.0619. The number of benzene rings is 1. The molecule has 0 aliphatic heterocycles. The summed E-state index contributed by atoms with van der Waals surface area (Å²) in [6, 6.07) is 13.6. The molecule has 1 aromatic carbocycles. The molecule has 0 bridgehead atoms. The van der Waals surface area contributed by atoms with Gasteiger partial charge in [0.1, 0.15) is 10.8 Å². The molecule has 21 heavy (non-hydrogen) atoms. The highest BCUT2D eigenvalue weighted by atomic mass is 35.5. The second-order valence-corrected chi connectivity index (χ2v) is 4.67. The lowest BCUT2D eigenvalue weighted by Crippen LogP contribution is -2.33. The average molecular weight is 305 g/mol. The number of hydrogen-bond acceptors (Lipinski definition) is 3. The smallest absolute Gasteiger partial charge is 0.305 e. The largest absolute Gasteiger partial charge is 0.481 e. The van der Waals surface area contributed by atoms with E-state index < -0.39 is 5.97 Å². The lowest BCUT2D eigenvalue weighted by molar-refractivity contribution is -0.136. The van der Waals surface area contributed by atoms with Crippen LogP contribution in [0.3, 0.4) is 0 Å². The molecule has 1 aromatic heterocycles. The van der Waals surface area contributed by atoms with Crippen molar-refractivity contribution in [2.45, 2.75) is 6.42 Å². The highest BCUT2D eigenvalue weighted by Gasteiger charge is 2.19. The monoisotopic (exact) mass is 304 g/mol. The van der Waals surface area contributed by atoms with Gasteiger partial charge in [-0.2, -0.15) is 0 Å². The predicted octanol–water partition coefficient (Wildman–Crippen LogP) is 2.86. The van der Waals surface area contributed by atoms with E-state index in [1.807, 2.05) is 6.07 Å². The van der Waals surface area contributed by atoms with Crippen LogP contribution in [0.2, 0.25) is 5.15 Å². The number of halogens is 1. The molecule has 6 heteroatoms. The average Bonchev–Trinajstić information content (AvgIpc) is 2.48. The van der Waals surface area contributed by atoms with E-state index in [0.717, 1.165) is 0 Å². The normalized spacial score (nSPS) is 10.1. The number of para-hydroxylation sites is 1. The van der Waals surface area contributed by atoms with Crippen LogP contribution in [0.5, 0.6) is 0 Å². The minimum atomic E-state index is -0.970. The van der Waals surface area contributed by atoms with E-state index >= 15 is 0 Å². The van der Waals surface area contributed by atoms with Crippen LogP contribution in [-0.2, 0) is 4.79 Å². The number of rotatable bonds is 5. The molecule has 0 spiro atoms. The maximum atomic E-state index is 12.5. The summed E-state index contributed by atoms with van der Waals surface area (Å²) in [5.41, 5.74) is 0.794. The zero-order valence-corrected chi connectivity index (χ0v) is 11.8. The van der Waals surface area contributed by atoms with Gasteiger partial charge in [-0.25, -0.2) is 4.98 Å². The first-order chi connectivity index (χ1) is 10.1. The first-order valence-corrected chi connectivity index (χ1v) is 6.67. The van der Waals surface area contributed by atoms with Crippen molar-refractivity contribution in [3.05, 3.63) is 59.4 Å². The van der Waals surface area contributed by atoms with Gasteiger partial charge in [-0.15, -0.1) is 0 Å². The zero-order chi connectivity index (χ0) is 15.2. The van der Waals surface area contributed by atoms with Crippen molar-refractivity contribution in [2.24, 2.45) is 0 Å². The van der Waals surface area contributed by atoms with Crippen molar-refractivity contribution in [1.29, 1.82) is 0 Å². The van der Waals surface area contributed by atoms with E-state index in [1.54, 1.807) is 42.5 Å². The molecule has 1 N–H and O–H groups in total. The molecule has 108 valence electrons. The van der Waals surface area contributed by atoms with Gasteiger partial charge in [0.05, 0.1) is 6.42 Å². The highest BCUT2D eigenvalue weighted by Crippen LogP contribution is 2.17. The third kappa shape index (κ3) is 4.03. The van der Waals surface area contributed by atoms with Gasteiger partial charge < -0.3 is 10.0 Å². The third-order valence-corrected chi connectivity index (χ3v) is 3.01. The zero-order valence-electron chi connectivity index (χ0n) is 11.1. The van der Waals surface area contributed by atoms with Crippen LogP contribution in [0.15, 0.2) is 48.5 Å². The number of aromatic nitrogens is 1. The quantitative estimate of drug-likeness (QED) is 0.862. The fourth-order valence-corrected chi connectivity index (χ4v) is 1.99. The molecular formula is C15H13ClN2O3. The number of carbonyl (C=O) groups is 2. The van der Waals surface area contributed by atoms with E-state index in [-0.39, 0.29) is 29.7 Å². The summed E-state index contributed by atoms with van der Waals surface area (Å²) in [5, 5.41) is 9.05. The Bertz CT molecular complexity index is 646. The van der Waals surface area contributed by atoms with Crippen molar-refractivity contribution in [3.63, 3.8) is 0 Å². The van der Waals surface area contributed by atoms with Gasteiger partial charge in [-0.05, 0) is 24.3 Å². The molecule has 0 aliphatic carbocycles. The van der Waals surface area contributed by atoms with Gasteiger partial charge in [-0.3, -0.25) is 9.59 Å². The Balaban J connectivity index is 2.30. The first kappa shape index (κ1) is 15.0. The summed E-state index contributed by atoms with van der Waals surface area (Å²) in [6.45, 7) is 0.0619. The van der Waals surface area contributed by atoms with Gasteiger partial charge in [0, 0.05) is 12.2 Å². The van der Waals surface area contributed by atoms with Crippen LogP contribution in [0.1, 0.15) is 16.9 Å². The first-order valence-electron chi connectivity index (χ1n) is 6.29. The molecular weight excluding hydrogens is 292 g/mol. The van der Waals surface area contributed by atoms with Crippen molar-refractivity contribution < 1.29 is 14.7 Å². The van der Waals surface area contributed by atoms with E-state index in [9.17, 15) is 9.59 Å². The van der Waals surface area contributed by atoms with Crippen LogP contribution in [-0.4, -0.2) is 28.5 Å². The number of carbonyl (C=O) groups excluding carboxylic acids is 1. The molecule has 2 aromatic rings. The molecule has 0 saturated heterocycles. The van der Waals surface area contributed by atoms with Gasteiger partial charge >= 0.3 is 5.97 Å². The molecule has 1 heterocycles. The summed E-state index contributed by atoms with van der Waals surface area (Å²) in [5.74, 6) is -1.35. The van der Waals surface area contributed by atoms with Gasteiger partial charge in [0.25, 0.3) is 5.91 Å². The summed E-state index contributed by atoms with van der Waals surface area (Å²) >= 11 is 5.79. The van der Waals surface area contributed by atoms with E-state index in [0.29, 0.717) is 5.69 Å². The van der Waals surface area contributed by atoms with Gasteiger partial charge in [-0.1, -0.05) is 35.9 Å². The van der Waals surface area contributed by atoms with Crippen LogP contribution in [0.25, 0.3) is 0 Å². The van der Waals surface area contributed by atoms with E-state index in [2.05, 4.69) is 4.98 Å². The Kier molecular flexibility index (Phi) is 4.90. The maximum Gasteiger partial charge on any atom is 0.305 e. The fourth-order valence-electron chi connectivity index (χ4n) is 1.83. The number of carboxylic acid groups (broad SMARTS) is 1. The van der Waals surface area contributed by atoms with Crippen molar-refractivity contribution in [3.8, 4) is 0 Å². The fraction of sp³-hybridized carbons (Fsp3) is 0.133. The summed E-state index contributed by atoms with van der Waals surface area (Å²) in [4.78, 5) is 28.7. The van der Waals surface area contributed by atoms with E-state index in [4.69, 9.17) is 16.7 Å². The Morgan fingerprint density at radius 3 is 2.43 bits per heavy atom. The van der Waals surface area contributed by atoms with Crippen molar-refractivity contribution in [2.75, 3.05) is 11.4 Å². The number of anilines is 1. The molecule has 0 unspecified atom stereocenters. The molecule has 2 rings (SSSR count). The molecule has 0 aliphatic rings. The number of carboxylic acids is 1. The molecule has 0 atom stereocenters. The third-order valence-electron chi connectivity index (χ3n) is 2.80. The predicted molar refractivity (Wildman–Crippen MR) is 79.6 cm³/mol. The lowest BCUT2D eigenvalue weighted by atomic mass is 10.2. The molecule has 0 saturated carbocycles. The van der Waals surface area contributed by atoms with Crippen LogP contribution in [0.4, 0.5) is 5.69 Å². The maximum absolute atomic E-state index is 12.5. The second-order valence-electron chi connectivity index (χ2n) is 4.28. The Morgan fingerprint density at radius 2 is 1.81 bits per heavy atom. The van der Waals surface area contributed by atoms with Crippen molar-refractivity contribution in [1.82, 2.24) is 4.98 Å².